The highest BCUT2D eigenvalue weighted by molar-refractivity contribution is 5.87. The van der Waals surface area contributed by atoms with E-state index in [1.807, 2.05) is 51.2 Å². The van der Waals surface area contributed by atoms with E-state index in [0.717, 1.165) is 11.1 Å². The first kappa shape index (κ1) is 30.3. The maximum absolute atomic E-state index is 12.0. The molecule has 0 bridgehead atoms. The standard InChI is InChI=1S/C29H41NO5/c1-21-13-9-11-16-24(4)30-27(33)18-8-6-5-7-15-23(3)28(34)29(35)26(32)20-25(31)17-12-10-14-22(2)19-21/h5-15,17-19,23-26,28-29,31-32,34-35H,16,20H2,1-4H3,(H,30,33). The Bertz CT molecular complexity index is 891. The second kappa shape index (κ2) is 16.8. The summed E-state index contributed by atoms with van der Waals surface area (Å²) in [4.78, 5) is 12.0. The Morgan fingerprint density at radius 3 is 2.20 bits per heavy atom. The van der Waals surface area contributed by atoms with E-state index in [2.05, 4.69) is 5.32 Å². The van der Waals surface area contributed by atoms with E-state index in [9.17, 15) is 25.2 Å². The van der Waals surface area contributed by atoms with Crippen LogP contribution in [0.15, 0.2) is 96.2 Å². The van der Waals surface area contributed by atoms with Crippen LogP contribution in [0.1, 0.15) is 40.5 Å². The molecule has 0 spiro atoms. The fourth-order valence-electron chi connectivity index (χ4n) is 3.34. The molecule has 0 aromatic heterocycles. The molecule has 0 aliphatic carbocycles. The number of nitrogens with one attached hydrogen (secondary N) is 1. The molecule has 0 aromatic carbocycles. The third-order valence-electron chi connectivity index (χ3n) is 5.39. The molecule has 0 saturated heterocycles. The number of hydrogen-bond donors (Lipinski definition) is 5. The zero-order chi connectivity index (χ0) is 26.2. The van der Waals surface area contributed by atoms with E-state index < -0.39 is 30.3 Å². The van der Waals surface area contributed by atoms with Crippen molar-refractivity contribution < 1.29 is 25.2 Å². The summed E-state index contributed by atoms with van der Waals surface area (Å²) < 4.78 is 0. The van der Waals surface area contributed by atoms with Gasteiger partial charge in [0.25, 0.3) is 0 Å². The average Bonchev–Trinajstić information content (AvgIpc) is 2.79. The second-order valence-electron chi connectivity index (χ2n) is 8.96. The van der Waals surface area contributed by atoms with Gasteiger partial charge in [-0.15, -0.1) is 0 Å². The smallest absolute Gasteiger partial charge is 0.244 e. The van der Waals surface area contributed by atoms with Crippen LogP contribution in [0.4, 0.5) is 0 Å². The average molecular weight is 484 g/mol. The van der Waals surface area contributed by atoms with Crippen molar-refractivity contribution in [3.8, 4) is 0 Å². The van der Waals surface area contributed by atoms with Crippen molar-refractivity contribution in [2.45, 2.75) is 71.0 Å². The summed E-state index contributed by atoms with van der Waals surface area (Å²) in [6, 6.07) is -0.00833. The maximum Gasteiger partial charge on any atom is 0.244 e. The monoisotopic (exact) mass is 483 g/mol. The van der Waals surface area contributed by atoms with Gasteiger partial charge in [0.05, 0.1) is 18.3 Å². The second-order valence-corrected chi connectivity index (χ2v) is 8.96. The zero-order valence-corrected chi connectivity index (χ0v) is 21.2. The Kier molecular flexibility index (Phi) is 14.5. The van der Waals surface area contributed by atoms with Gasteiger partial charge in [-0.05, 0) is 27.2 Å². The van der Waals surface area contributed by atoms with Crippen molar-refractivity contribution >= 4 is 5.91 Å². The summed E-state index contributed by atoms with van der Waals surface area (Å²) in [5, 5.41) is 43.9. The minimum atomic E-state index is -1.41. The summed E-state index contributed by atoms with van der Waals surface area (Å²) in [5.74, 6) is -0.623. The van der Waals surface area contributed by atoms with E-state index in [1.165, 1.54) is 12.2 Å². The predicted molar refractivity (Wildman–Crippen MR) is 142 cm³/mol. The summed E-state index contributed by atoms with van der Waals surface area (Å²) in [7, 11) is 0. The molecular weight excluding hydrogens is 442 g/mol. The highest BCUT2D eigenvalue weighted by Crippen LogP contribution is 2.15. The van der Waals surface area contributed by atoms with Crippen molar-refractivity contribution in [1.29, 1.82) is 0 Å². The molecule has 6 atom stereocenters. The van der Waals surface area contributed by atoms with Gasteiger partial charge in [0, 0.05) is 24.5 Å². The lowest BCUT2D eigenvalue weighted by Gasteiger charge is -2.26. The lowest BCUT2D eigenvalue weighted by molar-refractivity contribution is -0.117. The van der Waals surface area contributed by atoms with Crippen molar-refractivity contribution in [2.24, 2.45) is 5.92 Å². The SMILES string of the molecule is CC1=CC=CCC(C)NC(=O)C=CC=CC=CC(C)C(O)C(O)C(O)CC(O)C=CC=CC(C)=C1. The summed E-state index contributed by atoms with van der Waals surface area (Å²) in [6.45, 7) is 7.62. The van der Waals surface area contributed by atoms with Gasteiger partial charge in [-0.2, -0.15) is 0 Å². The van der Waals surface area contributed by atoms with E-state index >= 15 is 0 Å². The van der Waals surface area contributed by atoms with E-state index in [0.29, 0.717) is 6.42 Å². The third-order valence-corrected chi connectivity index (χ3v) is 5.39. The van der Waals surface area contributed by atoms with E-state index in [1.54, 1.807) is 49.5 Å². The summed E-state index contributed by atoms with van der Waals surface area (Å²) in [6.07, 6.45) is 20.5. The first-order valence-corrected chi connectivity index (χ1v) is 12.0. The molecule has 1 rings (SSSR count). The fraction of sp³-hybridized carbons (Fsp3) is 0.414. The molecule has 192 valence electrons. The molecule has 0 radical (unpaired) electrons. The Hall–Kier alpha value is -2.77. The van der Waals surface area contributed by atoms with Gasteiger partial charge < -0.3 is 25.7 Å². The van der Waals surface area contributed by atoms with Crippen LogP contribution in [0, 0.1) is 5.92 Å². The van der Waals surface area contributed by atoms with E-state index in [4.69, 9.17) is 0 Å². The highest BCUT2D eigenvalue weighted by Gasteiger charge is 2.28. The van der Waals surface area contributed by atoms with E-state index in [-0.39, 0.29) is 18.4 Å². The lowest BCUT2D eigenvalue weighted by Crippen LogP contribution is -2.41. The molecule has 0 saturated carbocycles. The first-order chi connectivity index (χ1) is 16.6. The Balaban J connectivity index is 3.00. The molecule has 5 N–H and O–H groups in total. The van der Waals surface area contributed by atoms with Gasteiger partial charge in [0.1, 0.15) is 6.10 Å². The molecule has 6 nitrogen and oxygen atoms in total. The van der Waals surface area contributed by atoms with Gasteiger partial charge in [0.2, 0.25) is 5.91 Å². The van der Waals surface area contributed by atoms with Crippen LogP contribution >= 0.6 is 0 Å². The fourth-order valence-corrected chi connectivity index (χ4v) is 3.34. The number of allylic oxidation sites excluding steroid dienone is 12. The Morgan fingerprint density at radius 2 is 1.46 bits per heavy atom. The quantitative estimate of drug-likeness (QED) is 0.362. The van der Waals surface area contributed by atoms with Gasteiger partial charge in [0.15, 0.2) is 0 Å². The molecular formula is C29H41NO5. The molecule has 1 amide bonds. The van der Waals surface area contributed by atoms with Crippen molar-refractivity contribution in [1.82, 2.24) is 5.32 Å². The number of amides is 1. The molecule has 0 fully saturated rings. The minimum Gasteiger partial charge on any atom is -0.390 e. The van der Waals surface area contributed by atoms with Crippen LogP contribution < -0.4 is 5.32 Å². The maximum atomic E-state index is 12.0. The summed E-state index contributed by atoms with van der Waals surface area (Å²) in [5.41, 5.74) is 2.09. The Morgan fingerprint density at radius 1 is 0.800 bits per heavy atom. The van der Waals surface area contributed by atoms with Crippen LogP contribution in [0.25, 0.3) is 0 Å². The van der Waals surface area contributed by atoms with Crippen molar-refractivity contribution in [3.05, 3.63) is 96.2 Å². The topological polar surface area (TPSA) is 110 Å². The molecule has 35 heavy (non-hydrogen) atoms. The molecule has 0 aromatic rings. The van der Waals surface area contributed by atoms with Gasteiger partial charge >= 0.3 is 0 Å². The normalized spacial score (nSPS) is 30.6. The minimum absolute atomic E-state index is 0.00833. The number of aliphatic hydroxyl groups is 4. The number of hydrogen-bond acceptors (Lipinski definition) is 5. The van der Waals surface area contributed by atoms with Crippen molar-refractivity contribution in [2.75, 3.05) is 0 Å². The lowest BCUT2D eigenvalue weighted by atomic mass is 9.93. The highest BCUT2D eigenvalue weighted by atomic mass is 16.4. The number of rotatable bonds is 0. The molecule has 1 heterocycles. The van der Waals surface area contributed by atoms with Crippen LogP contribution in [0.5, 0.6) is 0 Å². The number of aliphatic hydroxyl groups excluding tert-OH is 4. The molecule has 6 heteroatoms. The number of carbonyl (C=O) groups excluding carboxylic acids is 1. The summed E-state index contributed by atoms with van der Waals surface area (Å²) >= 11 is 0. The van der Waals surface area contributed by atoms with Crippen molar-refractivity contribution in [3.63, 3.8) is 0 Å². The van der Waals surface area contributed by atoms with Gasteiger partial charge in [-0.1, -0.05) is 97.1 Å². The Labute approximate surface area is 209 Å². The van der Waals surface area contributed by atoms with Crippen LogP contribution in [-0.2, 0) is 4.79 Å². The van der Waals surface area contributed by atoms with Crippen LogP contribution in [-0.4, -0.2) is 56.8 Å². The molecule has 1 aliphatic rings. The third kappa shape index (κ3) is 13.6. The van der Waals surface area contributed by atoms with Crippen LogP contribution in [0.2, 0.25) is 0 Å². The van der Waals surface area contributed by atoms with Gasteiger partial charge in [-0.25, -0.2) is 0 Å². The largest absolute Gasteiger partial charge is 0.390 e. The molecule has 1 aliphatic heterocycles. The molecule has 6 unspecified atom stereocenters. The van der Waals surface area contributed by atoms with Gasteiger partial charge in [-0.3, -0.25) is 4.79 Å². The number of carbonyl (C=O) groups is 1. The first-order valence-electron chi connectivity index (χ1n) is 12.0. The zero-order valence-electron chi connectivity index (χ0n) is 21.2. The predicted octanol–water partition coefficient (Wildman–Crippen LogP) is 3.59. The van der Waals surface area contributed by atoms with Crippen LogP contribution in [0.3, 0.4) is 0 Å².